The standard InChI is InChI=1S/C16H15ClIN/c1-10-2-3-11-4-6-15(13(11)8-10)19-16-7-5-12(18)9-14(16)17/h2-3,5,7-9,15,19H,4,6H2,1H3. The summed E-state index contributed by atoms with van der Waals surface area (Å²) < 4.78 is 1.16. The predicted octanol–water partition coefficient (Wildman–Crippen LogP) is 5.35. The number of aryl methyl sites for hydroxylation is 2. The van der Waals surface area contributed by atoms with Gasteiger partial charge in [0.2, 0.25) is 0 Å². The summed E-state index contributed by atoms with van der Waals surface area (Å²) in [5, 5.41) is 4.38. The minimum atomic E-state index is 0.382. The molecular weight excluding hydrogens is 369 g/mol. The molecule has 0 aromatic heterocycles. The number of hydrogen-bond donors (Lipinski definition) is 1. The molecule has 0 amide bonds. The first-order chi connectivity index (χ1) is 9.13. The summed E-state index contributed by atoms with van der Waals surface area (Å²) in [5.74, 6) is 0. The number of anilines is 1. The molecule has 0 saturated carbocycles. The first-order valence-electron chi connectivity index (χ1n) is 6.44. The second-order valence-electron chi connectivity index (χ2n) is 5.06. The average molecular weight is 384 g/mol. The quantitative estimate of drug-likeness (QED) is 0.689. The Morgan fingerprint density at radius 3 is 2.84 bits per heavy atom. The van der Waals surface area contributed by atoms with Crippen LogP contribution in [-0.2, 0) is 6.42 Å². The van der Waals surface area contributed by atoms with Crippen molar-refractivity contribution in [1.82, 2.24) is 0 Å². The maximum absolute atomic E-state index is 6.30. The van der Waals surface area contributed by atoms with Crippen molar-refractivity contribution in [3.8, 4) is 0 Å². The van der Waals surface area contributed by atoms with Gasteiger partial charge < -0.3 is 5.32 Å². The second kappa shape index (κ2) is 5.33. The molecule has 1 nitrogen and oxygen atoms in total. The molecule has 0 saturated heterocycles. The topological polar surface area (TPSA) is 12.0 Å². The lowest BCUT2D eigenvalue weighted by atomic mass is 10.0. The molecular formula is C16H15ClIN. The molecule has 0 heterocycles. The zero-order valence-electron chi connectivity index (χ0n) is 10.7. The summed E-state index contributed by atoms with van der Waals surface area (Å²) in [5.41, 5.74) is 5.24. The highest BCUT2D eigenvalue weighted by Crippen LogP contribution is 2.36. The van der Waals surface area contributed by atoms with Crippen LogP contribution in [0, 0.1) is 10.5 Å². The number of nitrogens with one attached hydrogen (secondary N) is 1. The van der Waals surface area contributed by atoms with E-state index in [2.05, 4.69) is 65.2 Å². The molecule has 1 aliphatic carbocycles. The van der Waals surface area contributed by atoms with Crippen LogP contribution in [0.1, 0.15) is 29.2 Å². The van der Waals surface area contributed by atoms with Crippen molar-refractivity contribution < 1.29 is 0 Å². The van der Waals surface area contributed by atoms with Gasteiger partial charge in [-0.3, -0.25) is 0 Å². The van der Waals surface area contributed by atoms with Gasteiger partial charge in [0.25, 0.3) is 0 Å². The summed E-state index contributed by atoms with van der Waals surface area (Å²) in [4.78, 5) is 0. The first kappa shape index (κ1) is 13.3. The average Bonchev–Trinajstić information content (AvgIpc) is 2.75. The fraction of sp³-hybridized carbons (Fsp3) is 0.250. The molecule has 98 valence electrons. The maximum Gasteiger partial charge on any atom is 0.0648 e. The van der Waals surface area contributed by atoms with Crippen LogP contribution >= 0.6 is 34.2 Å². The number of rotatable bonds is 2. The van der Waals surface area contributed by atoms with Crippen LogP contribution in [0.4, 0.5) is 5.69 Å². The maximum atomic E-state index is 6.30. The molecule has 3 rings (SSSR count). The molecule has 0 aliphatic heterocycles. The van der Waals surface area contributed by atoms with E-state index in [-0.39, 0.29) is 0 Å². The molecule has 0 fully saturated rings. The van der Waals surface area contributed by atoms with Crippen molar-refractivity contribution in [2.24, 2.45) is 0 Å². The molecule has 2 aromatic carbocycles. The smallest absolute Gasteiger partial charge is 0.0648 e. The minimum absolute atomic E-state index is 0.382. The van der Waals surface area contributed by atoms with E-state index in [1.54, 1.807) is 0 Å². The molecule has 19 heavy (non-hydrogen) atoms. The predicted molar refractivity (Wildman–Crippen MR) is 90.0 cm³/mol. The van der Waals surface area contributed by atoms with E-state index in [4.69, 9.17) is 11.6 Å². The molecule has 1 N–H and O–H groups in total. The highest BCUT2D eigenvalue weighted by atomic mass is 127. The van der Waals surface area contributed by atoms with Gasteiger partial charge in [0.1, 0.15) is 0 Å². The molecule has 0 radical (unpaired) electrons. The fourth-order valence-electron chi connectivity index (χ4n) is 2.67. The van der Waals surface area contributed by atoms with Crippen molar-refractivity contribution in [3.63, 3.8) is 0 Å². The van der Waals surface area contributed by atoms with E-state index < -0.39 is 0 Å². The van der Waals surface area contributed by atoms with Gasteiger partial charge in [-0.25, -0.2) is 0 Å². The Balaban J connectivity index is 1.88. The van der Waals surface area contributed by atoms with E-state index in [0.29, 0.717) is 6.04 Å². The van der Waals surface area contributed by atoms with Crippen LogP contribution in [0.5, 0.6) is 0 Å². The van der Waals surface area contributed by atoms with E-state index >= 15 is 0 Å². The van der Waals surface area contributed by atoms with Crippen molar-refractivity contribution in [1.29, 1.82) is 0 Å². The van der Waals surface area contributed by atoms with Crippen molar-refractivity contribution in [2.75, 3.05) is 5.32 Å². The summed E-state index contributed by atoms with van der Waals surface area (Å²) >= 11 is 8.58. The first-order valence-corrected chi connectivity index (χ1v) is 7.90. The Labute approximate surface area is 132 Å². The summed E-state index contributed by atoms with van der Waals surface area (Å²) in [6, 6.07) is 13.3. The van der Waals surface area contributed by atoms with Gasteiger partial charge in [-0.15, -0.1) is 0 Å². The molecule has 3 heteroatoms. The third-order valence-corrected chi connectivity index (χ3v) is 4.62. The zero-order valence-corrected chi connectivity index (χ0v) is 13.6. The van der Waals surface area contributed by atoms with E-state index in [1.165, 1.54) is 16.7 Å². The van der Waals surface area contributed by atoms with E-state index in [9.17, 15) is 0 Å². The van der Waals surface area contributed by atoms with Crippen LogP contribution in [0.2, 0.25) is 5.02 Å². The van der Waals surface area contributed by atoms with Gasteiger partial charge in [0.05, 0.1) is 16.8 Å². The van der Waals surface area contributed by atoms with Crippen molar-refractivity contribution in [2.45, 2.75) is 25.8 Å². The van der Waals surface area contributed by atoms with Crippen LogP contribution in [0.25, 0.3) is 0 Å². The summed E-state index contributed by atoms with van der Waals surface area (Å²) in [6.07, 6.45) is 2.29. The van der Waals surface area contributed by atoms with Gasteiger partial charge in [0.15, 0.2) is 0 Å². The lowest BCUT2D eigenvalue weighted by Gasteiger charge is -2.17. The Morgan fingerprint density at radius 1 is 1.21 bits per heavy atom. The monoisotopic (exact) mass is 383 g/mol. The molecule has 0 bridgehead atoms. The van der Waals surface area contributed by atoms with E-state index in [0.717, 1.165) is 27.1 Å². The largest absolute Gasteiger partial charge is 0.377 e. The molecule has 1 aliphatic rings. The Kier molecular flexibility index (Phi) is 3.72. The van der Waals surface area contributed by atoms with Gasteiger partial charge in [-0.05, 0) is 71.7 Å². The van der Waals surface area contributed by atoms with Crippen LogP contribution in [0.15, 0.2) is 36.4 Å². The van der Waals surface area contributed by atoms with Gasteiger partial charge >= 0.3 is 0 Å². The Hall–Kier alpha value is -0.740. The normalized spacial score (nSPS) is 17.3. The Bertz CT molecular complexity index is 624. The third kappa shape index (κ3) is 2.75. The fourth-order valence-corrected chi connectivity index (χ4v) is 3.58. The van der Waals surface area contributed by atoms with Crippen LogP contribution < -0.4 is 5.32 Å². The highest BCUT2D eigenvalue weighted by molar-refractivity contribution is 14.1. The highest BCUT2D eigenvalue weighted by Gasteiger charge is 2.22. The SMILES string of the molecule is Cc1ccc2c(c1)C(Nc1ccc(I)cc1Cl)CC2. The number of benzene rings is 2. The van der Waals surface area contributed by atoms with Gasteiger partial charge in [0, 0.05) is 3.57 Å². The molecule has 1 unspecified atom stereocenters. The molecule has 0 spiro atoms. The third-order valence-electron chi connectivity index (χ3n) is 3.64. The number of halogens is 2. The molecule has 1 atom stereocenters. The lowest BCUT2D eigenvalue weighted by molar-refractivity contribution is 0.762. The zero-order chi connectivity index (χ0) is 13.4. The number of fused-ring (bicyclic) bond motifs is 1. The lowest BCUT2D eigenvalue weighted by Crippen LogP contribution is -2.07. The van der Waals surface area contributed by atoms with Crippen LogP contribution in [0.3, 0.4) is 0 Å². The van der Waals surface area contributed by atoms with Crippen molar-refractivity contribution in [3.05, 3.63) is 61.7 Å². The van der Waals surface area contributed by atoms with Crippen molar-refractivity contribution >= 4 is 39.9 Å². The van der Waals surface area contributed by atoms with Crippen LogP contribution in [-0.4, -0.2) is 0 Å². The second-order valence-corrected chi connectivity index (χ2v) is 6.71. The molecule has 2 aromatic rings. The van der Waals surface area contributed by atoms with Gasteiger partial charge in [-0.2, -0.15) is 0 Å². The van der Waals surface area contributed by atoms with E-state index in [1.807, 2.05) is 6.07 Å². The summed E-state index contributed by atoms with van der Waals surface area (Å²) in [7, 11) is 0. The van der Waals surface area contributed by atoms with Gasteiger partial charge in [-0.1, -0.05) is 35.4 Å². The summed E-state index contributed by atoms with van der Waals surface area (Å²) in [6.45, 7) is 2.15. The minimum Gasteiger partial charge on any atom is -0.377 e. The number of hydrogen-bond acceptors (Lipinski definition) is 1. The Morgan fingerprint density at radius 2 is 2.05 bits per heavy atom.